The van der Waals surface area contributed by atoms with Crippen LogP contribution in [0.3, 0.4) is 0 Å². The molecule has 1 saturated heterocycles. The van der Waals surface area contributed by atoms with Gasteiger partial charge in [0.15, 0.2) is 0 Å². The number of imidazole rings is 1. The van der Waals surface area contributed by atoms with Crippen LogP contribution >= 0.6 is 0 Å². The van der Waals surface area contributed by atoms with Crippen LogP contribution in [0, 0.1) is 0 Å². The normalized spacial score (nSPS) is 18.6. The van der Waals surface area contributed by atoms with E-state index in [4.69, 9.17) is 9.47 Å². The number of nitrogens with zero attached hydrogens (tertiary/aromatic N) is 5. The zero-order valence-corrected chi connectivity index (χ0v) is 27.6. The first-order chi connectivity index (χ1) is 24.0. The van der Waals surface area contributed by atoms with Crippen LogP contribution in [-0.2, 0) is 9.47 Å². The zero-order valence-electron chi connectivity index (χ0n) is 25.9. The number of hydrogen-bond donors (Lipinski definition) is 1. The number of carbonyl (C=O) groups excluding carboxylic acids is 3. The van der Waals surface area contributed by atoms with E-state index in [0.717, 1.165) is 9.36 Å². The SMILES string of the molecule is O=C(O[C@H]1C[C@H](n2cnc3c(N(C(=O)c4ccccc4)C(=O)c4ccccc4)ncnc32)O[C@]1(CO)[Se]c1ccccc1)c1ccccc1. The molecule has 49 heavy (non-hydrogen) atoms. The summed E-state index contributed by atoms with van der Waals surface area (Å²) >= 11 is -0.489. The quantitative estimate of drug-likeness (QED) is 0.133. The first-order valence-corrected chi connectivity index (χ1v) is 17.1. The van der Waals surface area contributed by atoms with E-state index in [1.165, 1.54) is 12.7 Å². The van der Waals surface area contributed by atoms with Gasteiger partial charge >= 0.3 is 276 Å². The van der Waals surface area contributed by atoms with Gasteiger partial charge in [-0.3, -0.25) is 0 Å². The van der Waals surface area contributed by atoms with Gasteiger partial charge in [0, 0.05) is 0 Å². The molecule has 2 amide bonds. The third-order valence-electron chi connectivity index (χ3n) is 8.06. The molecule has 0 radical (unpaired) electrons. The van der Waals surface area contributed by atoms with Crippen LogP contribution < -0.4 is 9.36 Å². The number of benzene rings is 4. The van der Waals surface area contributed by atoms with E-state index in [0.29, 0.717) is 5.56 Å². The molecule has 7 rings (SSSR count). The van der Waals surface area contributed by atoms with Crippen LogP contribution in [0.15, 0.2) is 134 Å². The maximum atomic E-state index is 13.9. The summed E-state index contributed by atoms with van der Waals surface area (Å²) in [4.78, 5) is 55.6. The number of imide groups is 1. The Kier molecular flexibility index (Phi) is 9.10. The zero-order chi connectivity index (χ0) is 33.8. The van der Waals surface area contributed by atoms with E-state index < -0.39 is 56.2 Å². The number of amides is 2. The van der Waals surface area contributed by atoms with Crippen LogP contribution in [-0.4, -0.2) is 74.6 Å². The summed E-state index contributed by atoms with van der Waals surface area (Å²) in [6, 6.07) is 35.1. The van der Waals surface area contributed by atoms with Gasteiger partial charge in [-0.25, -0.2) is 0 Å². The number of esters is 1. The molecule has 0 saturated carbocycles. The third-order valence-corrected chi connectivity index (χ3v) is 10.9. The van der Waals surface area contributed by atoms with Gasteiger partial charge in [0.25, 0.3) is 0 Å². The average molecular weight is 719 g/mol. The van der Waals surface area contributed by atoms with Gasteiger partial charge in [-0.05, 0) is 0 Å². The number of ether oxygens (including phenoxy) is 2. The fourth-order valence-corrected chi connectivity index (χ4v) is 8.16. The summed E-state index contributed by atoms with van der Waals surface area (Å²) in [7, 11) is 0. The van der Waals surface area contributed by atoms with Crippen molar-refractivity contribution in [1.82, 2.24) is 19.5 Å². The summed E-state index contributed by atoms with van der Waals surface area (Å²) in [6.07, 6.45) is 1.32. The predicted molar refractivity (Wildman–Crippen MR) is 181 cm³/mol. The summed E-state index contributed by atoms with van der Waals surface area (Å²) in [5, 5.41) is 10.9. The average Bonchev–Trinajstić information content (AvgIpc) is 3.75. The first-order valence-electron chi connectivity index (χ1n) is 15.4. The molecule has 11 nitrogen and oxygen atoms in total. The van der Waals surface area contributed by atoms with E-state index >= 15 is 0 Å². The monoisotopic (exact) mass is 719 g/mol. The van der Waals surface area contributed by atoms with Crippen LogP contribution in [0.2, 0.25) is 0 Å². The number of fused-ring (bicyclic) bond motifs is 1. The Morgan fingerprint density at radius 3 is 1.92 bits per heavy atom. The van der Waals surface area contributed by atoms with Gasteiger partial charge in [-0.15, -0.1) is 0 Å². The van der Waals surface area contributed by atoms with Crippen LogP contribution in [0.5, 0.6) is 0 Å². The Morgan fingerprint density at radius 2 is 1.35 bits per heavy atom. The Labute approximate surface area is 287 Å². The Balaban J connectivity index is 1.28. The molecule has 1 fully saturated rings. The van der Waals surface area contributed by atoms with E-state index in [9.17, 15) is 19.5 Å². The molecule has 1 aliphatic rings. The first kappa shape index (κ1) is 32.0. The minimum absolute atomic E-state index is 0.00145. The summed E-state index contributed by atoms with van der Waals surface area (Å²) in [5.74, 6) is -1.71. The molecule has 1 aliphatic heterocycles. The van der Waals surface area contributed by atoms with Gasteiger partial charge in [0.05, 0.1) is 0 Å². The van der Waals surface area contributed by atoms with Crippen molar-refractivity contribution in [1.29, 1.82) is 0 Å². The van der Waals surface area contributed by atoms with Crippen molar-refractivity contribution in [3.63, 3.8) is 0 Å². The van der Waals surface area contributed by atoms with Crippen molar-refractivity contribution < 1.29 is 29.0 Å². The number of rotatable bonds is 9. The van der Waals surface area contributed by atoms with Crippen molar-refractivity contribution in [2.45, 2.75) is 23.3 Å². The molecule has 4 aromatic carbocycles. The molecule has 1 N–H and O–H groups in total. The van der Waals surface area contributed by atoms with Crippen molar-refractivity contribution >= 4 is 54.2 Å². The second-order valence-electron chi connectivity index (χ2n) is 11.2. The van der Waals surface area contributed by atoms with Gasteiger partial charge in [0.2, 0.25) is 0 Å². The molecular formula is C37H29N5O6Se. The number of aliphatic hydroxyl groups is 1. The third kappa shape index (κ3) is 6.38. The van der Waals surface area contributed by atoms with Crippen LogP contribution in [0.25, 0.3) is 11.2 Å². The number of aromatic nitrogens is 4. The van der Waals surface area contributed by atoms with Crippen molar-refractivity contribution in [3.8, 4) is 0 Å². The Bertz CT molecular complexity index is 2050. The number of anilines is 1. The molecule has 0 spiro atoms. The molecule has 6 aromatic rings. The summed E-state index contributed by atoms with van der Waals surface area (Å²) in [6.45, 7) is -0.414. The fraction of sp³-hybridized carbons (Fsp3) is 0.135. The number of carbonyl (C=O) groups is 3. The van der Waals surface area contributed by atoms with E-state index in [-0.39, 0.29) is 34.5 Å². The molecule has 0 bridgehead atoms. The Morgan fingerprint density at radius 1 is 0.796 bits per heavy atom. The number of hydrogen-bond acceptors (Lipinski definition) is 9. The van der Waals surface area contributed by atoms with E-state index in [1.807, 2.05) is 36.4 Å². The van der Waals surface area contributed by atoms with Gasteiger partial charge in [-0.1, -0.05) is 12.1 Å². The molecule has 0 unspecified atom stereocenters. The standard InChI is InChI=1S/C37H29N5O6Se/c43-22-37(49-28-19-11-4-12-20-28)29(47-36(46)27-17-9-3-10-18-27)21-30(48-37)41-24-40-31-32(41)38-23-39-33(31)42(34(44)25-13-5-1-6-14-25)35(45)26-15-7-2-8-16-26/h1-20,23-24,29-30,43H,21-22H2/t29-,30+,37+/m0/s1. The molecule has 3 heterocycles. The van der Waals surface area contributed by atoms with Crippen LogP contribution in [0.1, 0.15) is 43.7 Å². The van der Waals surface area contributed by atoms with Crippen molar-refractivity contribution in [3.05, 3.63) is 151 Å². The minimum atomic E-state index is -1.24. The van der Waals surface area contributed by atoms with Gasteiger partial charge < -0.3 is 0 Å². The van der Waals surface area contributed by atoms with Gasteiger partial charge in [-0.2, -0.15) is 0 Å². The predicted octanol–water partition coefficient (Wildman–Crippen LogP) is 4.18. The summed E-state index contributed by atoms with van der Waals surface area (Å²) in [5.41, 5.74) is 1.43. The van der Waals surface area contributed by atoms with E-state index in [2.05, 4.69) is 15.0 Å². The molecule has 2 aromatic heterocycles. The van der Waals surface area contributed by atoms with E-state index in [1.54, 1.807) is 89.5 Å². The molecule has 0 aliphatic carbocycles. The second kappa shape index (κ2) is 13.9. The molecule has 3 atom stereocenters. The van der Waals surface area contributed by atoms with Crippen LogP contribution in [0.4, 0.5) is 5.82 Å². The topological polar surface area (TPSA) is 137 Å². The van der Waals surface area contributed by atoms with Gasteiger partial charge in [0.1, 0.15) is 0 Å². The van der Waals surface area contributed by atoms with Crippen molar-refractivity contribution in [2.24, 2.45) is 0 Å². The molecular weight excluding hydrogens is 689 g/mol. The van der Waals surface area contributed by atoms with Crippen molar-refractivity contribution in [2.75, 3.05) is 11.5 Å². The fourth-order valence-electron chi connectivity index (χ4n) is 5.66. The summed E-state index contributed by atoms with van der Waals surface area (Å²) < 4.78 is 14.1. The molecule has 12 heteroatoms. The second-order valence-corrected chi connectivity index (χ2v) is 14.0. The molecule has 244 valence electrons. The number of aliphatic hydroxyl groups excluding tert-OH is 1. The Hall–Kier alpha value is -5.52. The maximum absolute atomic E-state index is 13.9.